The average molecular weight is 366 g/mol. The maximum absolute atomic E-state index is 12.5. The van der Waals surface area contributed by atoms with Crippen LogP contribution in [0.4, 0.5) is 5.69 Å². The number of amides is 1. The molecule has 1 aromatic heterocycles. The van der Waals surface area contributed by atoms with Gasteiger partial charge in [-0.25, -0.2) is 4.68 Å². The molecule has 0 bridgehead atoms. The van der Waals surface area contributed by atoms with Gasteiger partial charge in [-0.15, -0.1) is 12.4 Å². The Labute approximate surface area is 151 Å². The lowest BCUT2D eigenvalue weighted by molar-refractivity contribution is -0.384. The molecule has 0 spiro atoms. The summed E-state index contributed by atoms with van der Waals surface area (Å²) >= 11 is 0. The number of nitrogens with one attached hydrogen (secondary N) is 1. The molecule has 1 fully saturated rings. The number of carbonyl (C=O) groups excluding carboxylic acids is 1. The van der Waals surface area contributed by atoms with Crippen LogP contribution < -0.4 is 5.32 Å². The highest BCUT2D eigenvalue weighted by Gasteiger charge is 2.23. The Morgan fingerprint density at radius 2 is 1.92 bits per heavy atom. The SMILES string of the molecule is CNC1CCN(C(=O)c2cnn(-c3ccc([N+](=O)[O-])cc3)c2)CC1.Cl. The summed E-state index contributed by atoms with van der Waals surface area (Å²) in [4.78, 5) is 24.6. The first-order chi connectivity index (χ1) is 11.6. The number of aromatic nitrogens is 2. The molecule has 1 aromatic carbocycles. The van der Waals surface area contributed by atoms with Gasteiger partial charge in [-0.3, -0.25) is 14.9 Å². The van der Waals surface area contributed by atoms with Gasteiger partial charge in [0, 0.05) is 37.5 Å². The number of hydrogen-bond donors (Lipinski definition) is 1. The van der Waals surface area contributed by atoms with E-state index < -0.39 is 4.92 Å². The Bertz CT molecular complexity index is 738. The van der Waals surface area contributed by atoms with E-state index in [0.29, 0.717) is 17.3 Å². The second kappa shape index (κ2) is 8.09. The third-order valence-corrected chi connectivity index (χ3v) is 4.35. The van der Waals surface area contributed by atoms with Gasteiger partial charge in [0.15, 0.2) is 0 Å². The van der Waals surface area contributed by atoms with Crippen LogP contribution in [-0.2, 0) is 0 Å². The number of non-ortho nitro benzene ring substituents is 1. The zero-order valence-electron chi connectivity index (χ0n) is 13.8. The van der Waals surface area contributed by atoms with Gasteiger partial charge in [0.05, 0.1) is 22.4 Å². The summed E-state index contributed by atoms with van der Waals surface area (Å²) in [5.74, 6) is -0.0299. The molecule has 25 heavy (non-hydrogen) atoms. The van der Waals surface area contributed by atoms with E-state index in [4.69, 9.17) is 0 Å². The highest BCUT2D eigenvalue weighted by Crippen LogP contribution is 2.17. The Balaban J connectivity index is 0.00000225. The summed E-state index contributed by atoms with van der Waals surface area (Å²) < 4.78 is 1.55. The Morgan fingerprint density at radius 1 is 1.28 bits per heavy atom. The first-order valence-electron chi connectivity index (χ1n) is 7.84. The minimum Gasteiger partial charge on any atom is -0.338 e. The minimum absolute atomic E-state index is 0. The van der Waals surface area contributed by atoms with Crippen molar-refractivity contribution < 1.29 is 9.72 Å². The van der Waals surface area contributed by atoms with Crippen molar-refractivity contribution in [2.24, 2.45) is 0 Å². The molecule has 1 N–H and O–H groups in total. The number of nitrogens with zero attached hydrogens (tertiary/aromatic N) is 4. The predicted octanol–water partition coefficient (Wildman–Crippen LogP) is 2.03. The highest BCUT2D eigenvalue weighted by molar-refractivity contribution is 5.93. The summed E-state index contributed by atoms with van der Waals surface area (Å²) in [6.45, 7) is 1.46. The van der Waals surface area contributed by atoms with Crippen LogP contribution >= 0.6 is 12.4 Å². The lowest BCUT2D eigenvalue weighted by Gasteiger charge is -2.31. The van der Waals surface area contributed by atoms with Gasteiger partial charge in [-0.2, -0.15) is 5.10 Å². The van der Waals surface area contributed by atoms with E-state index in [1.165, 1.54) is 18.3 Å². The number of nitro groups is 1. The van der Waals surface area contributed by atoms with Crippen LogP contribution in [0.15, 0.2) is 36.7 Å². The molecule has 1 saturated heterocycles. The molecule has 2 heterocycles. The lowest BCUT2D eigenvalue weighted by atomic mass is 10.0. The molecule has 9 heteroatoms. The summed E-state index contributed by atoms with van der Waals surface area (Å²) in [7, 11) is 1.94. The van der Waals surface area contributed by atoms with Crippen molar-refractivity contribution in [1.29, 1.82) is 0 Å². The van der Waals surface area contributed by atoms with Gasteiger partial charge >= 0.3 is 0 Å². The number of halogens is 1. The molecular formula is C16H20ClN5O3. The van der Waals surface area contributed by atoms with Gasteiger partial charge in [-0.1, -0.05) is 0 Å². The van der Waals surface area contributed by atoms with Crippen molar-refractivity contribution in [2.45, 2.75) is 18.9 Å². The first kappa shape index (κ1) is 18.9. The minimum atomic E-state index is -0.448. The zero-order valence-corrected chi connectivity index (χ0v) is 14.6. The summed E-state index contributed by atoms with van der Waals surface area (Å²) in [5, 5.41) is 18.1. The van der Waals surface area contributed by atoms with E-state index in [1.807, 2.05) is 11.9 Å². The van der Waals surface area contributed by atoms with Gasteiger partial charge in [-0.05, 0) is 32.0 Å². The fourth-order valence-electron chi connectivity index (χ4n) is 2.86. The monoisotopic (exact) mass is 365 g/mol. The number of carbonyl (C=O) groups is 1. The van der Waals surface area contributed by atoms with Crippen molar-refractivity contribution in [1.82, 2.24) is 20.0 Å². The van der Waals surface area contributed by atoms with Crippen molar-refractivity contribution in [2.75, 3.05) is 20.1 Å². The topological polar surface area (TPSA) is 93.3 Å². The fraction of sp³-hybridized carbons (Fsp3) is 0.375. The number of hydrogen-bond acceptors (Lipinski definition) is 5. The van der Waals surface area contributed by atoms with Crippen molar-refractivity contribution >= 4 is 24.0 Å². The Hall–Kier alpha value is -2.45. The maximum Gasteiger partial charge on any atom is 0.269 e. The third kappa shape index (κ3) is 4.15. The largest absolute Gasteiger partial charge is 0.338 e. The standard InChI is InChI=1S/C16H19N5O3.ClH/c1-17-13-6-8-19(9-7-13)16(22)12-10-18-20(11-12)14-2-4-15(5-3-14)21(23)24;/h2-5,10-11,13,17H,6-9H2,1H3;1H. The molecule has 0 saturated carbocycles. The van der Waals surface area contributed by atoms with Crippen LogP contribution in [0.3, 0.4) is 0 Å². The summed E-state index contributed by atoms with van der Waals surface area (Å²) in [6, 6.07) is 6.52. The highest BCUT2D eigenvalue weighted by atomic mass is 35.5. The second-order valence-corrected chi connectivity index (χ2v) is 5.80. The van der Waals surface area contributed by atoms with Gasteiger partial charge in [0.1, 0.15) is 0 Å². The van der Waals surface area contributed by atoms with Crippen molar-refractivity contribution in [3.8, 4) is 5.69 Å². The predicted molar refractivity (Wildman–Crippen MR) is 95.5 cm³/mol. The van der Waals surface area contributed by atoms with E-state index in [2.05, 4.69) is 10.4 Å². The van der Waals surface area contributed by atoms with Crippen molar-refractivity contribution in [3.63, 3.8) is 0 Å². The average Bonchev–Trinajstić information content (AvgIpc) is 3.11. The molecule has 0 unspecified atom stereocenters. The van der Waals surface area contributed by atoms with Gasteiger partial charge < -0.3 is 10.2 Å². The molecule has 134 valence electrons. The lowest BCUT2D eigenvalue weighted by Crippen LogP contribution is -2.43. The molecule has 0 radical (unpaired) electrons. The van der Waals surface area contributed by atoms with Crippen LogP contribution in [0.1, 0.15) is 23.2 Å². The molecule has 3 rings (SSSR count). The number of piperidine rings is 1. The first-order valence-corrected chi connectivity index (χ1v) is 7.84. The molecule has 0 atom stereocenters. The van der Waals surface area contributed by atoms with Gasteiger partial charge in [0.2, 0.25) is 0 Å². The Kier molecular flexibility index (Phi) is 6.11. The molecule has 2 aromatic rings. The Morgan fingerprint density at radius 3 is 2.48 bits per heavy atom. The van der Waals surface area contributed by atoms with Crippen LogP contribution in [0.25, 0.3) is 5.69 Å². The third-order valence-electron chi connectivity index (χ3n) is 4.35. The smallest absolute Gasteiger partial charge is 0.269 e. The molecule has 0 aliphatic carbocycles. The summed E-state index contributed by atoms with van der Waals surface area (Å²) in [5.41, 5.74) is 1.22. The van der Waals surface area contributed by atoms with Crippen LogP contribution in [0.5, 0.6) is 0 Å². The molecule has 1 aliphatic heterocycles. The number of nitro benzene ring substituents is 1. The molecule has 8 nitrogen and oxygen atoms in total. The van der Waals surface area contributed by atoms with Crippen LogP contribution in [-0.4, -0.2) is 51.7 Å². The zero-order chi connectivity index (χ0) is 17.1. The second-order valence-electron chi connectivity index (χ2n) is 5.80. The van der Waals surface area contributed by atoms with E-state index in [-0.39, 0.29) is 24.0 Å². The molecule has 1 aliphatic rings. The van der Waals surface area contributed by atoms with E-state index in [1.54, 1.807) is 23.0 Å². The molecule has 1 amide bonds. The van der Waals surface area contributed by atoms with Crippen LogP contribution in [0, 0.1) is 10.1 Å². The van der Waals surface area contributed by atoms with E-state index in [9.17, 15) is 14.9 Å². The van der Waals surface area contributed by atoms with E-state index >= 15 is 0 Å². The fourth-order valence-corrected chi connectivity index (χ4v) is 2.86. The number of rotatable bonds is 4. The van der Waals surface area contributed by atoms with E-state index in [0.717, 1.165) is 25.9 Å². The number of benzene rings is 1. The number of likely N-dealkylation sites (tertiary alicyclic amines) is 1. The summed E-state index contributed by atoms with van der Waals surface area (Å²) in [6.07, 6.45) is 5.08. The maximum atomic E-state index is 12.5. The quantitative estimate of drug-likeness (QED) is 0.661. The normalized spacial score (nSPS) is 14.8. The van der Waals surface area contributed by atoms with Crippen LogP contribution in [0.2, 0.25) is 0 Å². The van der Waals surface area contributed by atoms with Crippen molar-refractivity contribution in [3.05, 3.63) is 52.3 Å². The van der Waals surface area contributed by atoms with Gasteiger partial charge in [0.25, 0.3) is 11.6 Å². The molecular weight excluding hydrogens is 346 g/mol.